The molecule has 8 N–H and O–H groups in total. The van der Waals surface area contributed by atoms with Crippen LogP contribution in [0.3, 0.4) is 0 Å². The van der Waals surface area contributed by atoms with Gasteiger partial charge in [0.05, 0.1) is 14.2 Å². The highest BCUT2D eigenvalue weighted by atomic mass is 32.2. The van der Waals surface area contributed by atoms with Crippen LogP contribution in [0.1, 0.15) is 66.8 Å². The minimum atomic E-state index is -5.19. The minimum Gasteiger partial charge on any atom is -0.542 e. The number of carbonyl (C=O) groups excluding carboxylic acids is 7. The number of hydrogen-bond donors (Lipinski definition) is 6. The summed E-state index contributed by atoms with van der Waals surface area (Å²) in [5.74, 6) is -5.36. The Bertz CT molecular complexity index is 2590. The van der Waals surface area contributed by atoms with Crippen molar-refractivity contribution in [3.63, 3.8) is 0 Å². The number of carboxylic acids is 1. The van der Waals surface area contributed by atoms with Gasteiger partial charge in [0.1, 0.15) is 46.6 Å². The number of hydrogen-bond acceptors (Lipinski definition) is 20. The smallest absolute Gasteiger partial charge is 0.430 e. The van der Waals surface area contributed by atoms with Gasteiger partial charge in [-0.05, 0) is 73.1 Å². The van der Waals surface area contributed by atoms with Crippen molar-refractivity contribution in [3.05, 3.63) is 53.1 Å². The van der Waals surface area contributed by atoms with E-state index < -0.39 is 82.0 Å². The maximum absolute atomic E-state index is 14.1. The van der Waals surface area contributed by atoms with Gasteiger partial charge in [0, 0.05) is 35.9 Å². The van der Waals surface area contributed by atoms with Gasteiger partial charge in [-0.1, -0.05) is 17.3 Å². The fraction of sp³-hybridized carbons (Fsp3) is 0.500. The molecule has 2 atom stereocenters. The Morgan fingerprint density at radius 1 is 0.958 bits per heavy atom. The van der Waals surface area contributed by atoms with Gasteiger partial charge in [0.2, 0.25) is 23.3 Å². The monoisotopic (exact) mass is 1060 g/mol. The molecule has 4 heterocycles. The normalized spacial score (nSPS) is 15.9. The number of anilines is 3. The number of alkyl carbamates (subject to hydrolysis) is 1. The van der Waals surface area contributed by atoms with Gasteiger partial charge in [-0.25, -0.2) is 19.2 Å². The Morgan fingerprint density at radius 3 is 2.12 bits per heavy atom. The predicted molar refractivity (Wildman–Crippen MR) is 249 cm³/mol. The average Bonchev–Trinajstić information content (AvgIpc) is 3.82. The summed E-state index contributed by atoms with van der Waals surface area (Å²) in [6.07, 6.45) is -4.26. The summed E-state index contributed by atoms with van der Waals surface area (Å²) in [7, 11) is 3.18. The van der Waals surface area contributed by atoms with Gasteiger partial charge in [-0.2, -0.15) is 22.5 Å². The third kappa shape index (κ3) is 15.8. The molecule has 5 rings (SSSR count). The molecule has 2 aromatic heterocycles. The Balaban J connectivity index is 0.00000149. The van der Waals surface area contributed by atoms with Gasteiger partial charge in [-0.15, -0.1) is 21.1 Å². The second-order valence-corrected chi connectivity index (χ2v) is 19.8. The molecule has 2 aliphatic rings. The molecule has 5 amide bonds. The van der Waals surface area contributed by atoms with Crippen LogP contribution in [0.15, 0.2) is 46.9 Å². The number of oxime groups is 1. The van der Waals surface area contributed by atoms with Crippen LogP contribution in [-0.2, 0) is 63.2 Å². The van der Waals surface area contributed by atoms with Crippen LogP contribution in [-0.4, -0.2) is 127 Å². The van der Waals surface area contributed by atoms with E-state index in [1.807, 2.05) is 0 Å². The van der Waals surface area contributed by atoms with Crippen molar-refractivity contribution in [2.75, 3.05) is 42.7 Å². The molecule has 1 saturated heterocycles. The lowest BCUT2D eigenvalue weighted by Gasteiger charge is -2.49. The van der Waals surface area contributed by atoms with Crippen LogP contribution in [0.5, 0.6) is 5.75 Å². The zero-order valence-corrected chi connectivity index (χ0v) is 42.3. The molecule has 2 aliphatic heterocycles. The number of β-lactam (4-membered cyclic amide) rings is 1. The van der Waals surface area contributed by atoms with Crippen LogP contribution in [0.25, 0.3) is 0 Å². The third-order valence-corrected chi connectivity index (χ3v) is 11.3. The van der Waals surface area contributed by atoms with E-state index in [1.54, 1.807) is 88.4 Å². The van der Waals surface area contributed by atoms with Gasteiger partial charge in [0.15, 0.2) is 23.2 Å². The van der Waals surface area contributed by atoms with E-state index in [1.165, 1.54) is 37.6 Å². The molecule has 30 heteroatoms. The molecule has 0 saturated carbocycles. The van der Waals surface area contributed by atoms with Gasteiger partial charge >= 0.3 is 30.2 Å². The Morgan fingerprint density at radius 2 is 1.57 bits per heavy atom. The molecule has 0 aliphatic carbocycles. The number of thioether (sulfide) groups is 1. The van der Waals surface area contributed by atoms with E-state index in [4.69, 9.17) is 45.2 Å². The number of nitrogens with two attached hydrogens (primary N) is 2. The number of esters is 2. The highest BCUT2D eigenvalue weighted by molar-refractivity contribution is 8.00. The molecule has 0 radical (unpaired) electrons. The largest absolute Gasteiger partial charge is 0.542 e. The zero-order valence-electron chi connectivity index (χ0n) is 40.7. The Kier molecular flexibility index (Phi) is 18.5. The molecule has 0 spiro atoms. The summed E-state index contributed by atoms with van der Waals surface area (Å²) in [5, 5.41) is 22.5. The van der Waals surface area contributed by atoms with Crippen molar-refractivity contribution in [1.82, 2.24) is 34.9 Å². The molecule has 394 valence electrons. The first-order valence-electron chi connectivity index (χ1n) is 21.3. The standard InChI is InChI=1S/C40H54N12O11S2.C2HF3O2/c1-38(2,3)61-34(56)40(7,8)63-48-25(29-47-35(42)65-49-29)30(53)46-26-31(54)52-27(33(55)60-19-21-11-13-23(59-10)14-12-21)22(20-64-32(26)52)17-51-18-24(28(41)50(51)9)45-36(57)43-15-16-44-37(58)62-39(4,5)6;3-2(4,5)1(6)7/h11-14,18,26,32,41H,15-17,19-20H2,1-10H3,(H6,42,43,44,45,46,47,49,53,57,58);(H,6,7)/b48-25-;/t26-,32-;/m1./s1. The molecular weight excluding hydrogens is 1000 g/mol. The zero-order chi connectivity index (χ0) is 54.1. The fourth-order valence-corrected chi connectivity index (χ4v) is 7.70. The summed E-state index contributed by atoms with van der Waals surface area (Å²) in [6.45, 7) is 13.1. The topological polar surface area (TPSA) is 339 Å². The second kappa shape index (κ2) is 23.2. The number of amides is 5. The van der Waals surface area contributed by atoms with E-state index in [0.717, 1.165) is 11.5 Å². The van der Waals surface area contributed by atoms with Crippen molar-refractivity contribution in [1.29, 1.82) is 0 Å². The van der Waals surface area contributed by atoms with Crippen LogP contribution in [0.4, 0.5) is 39.4 Å². The number of alkyl halides is 3. The molecule has 1 fully saturated rings. The highest BCUT2D eigenvalue weighted by Crippen LogP contribution is 2.41. The number of carbonyl (C=O) groups is 7. The minimum absolute atomic E-state index is 0.0183. The van der Waals surface area contributed by atoms with Gasteiger partial charge in [0.25, 0.3) is 11.8 Å². The van der Waals surface area contributed by atoms with E-state index >= 15 is 0 Å². The molecule has 72 heavy (non-hydrogen) atoms. The lowest BCUT2D eigenvalue weighted by molar-refractivity contribution is -0.765. The number of benzene rings is 1. The summed E-state index contributed by atoms with van der Waals surface area (Å²) in [6, 6.07) is 5.13. The number of nitrogens with one attached hydrogen (secondary N) is 4. The summed E-state index contributed by atoms with van der Waals surface area (Å²) in [4.78, 5) is 99.3. The summed E-state index contributed by atoms with van der Waals surface area (Å²) < 4.78 is 60.4. The maximum Gasteiger partial charge on any atom is 0.430 e. The van der Waals surface area contributed by atoms with E-state index in [-0.39, 0.29) is 60.2 Å². The first-order chi connectivity index (χ1) is 33.3. The fourth-order valence-electron chi connectivity index (χ4n) is 5.93. The van der Waals surface area contributed by atoms with Crippen molar-refractivity contribution in [2.24, 2.45) is 12.2 Å². The number of halogens is 3. The first kappa shape index (κ1) is 57.2. The Labute approximate surface area is 418 Å². The number of aromatic nitrogens is 4. The lowest BCUT2D eigenvalue weighted by Crippen LogP contribution is -2.71. The van der Waals surface area contributed by atoms with E-state index in [9.17, 15) is 41.9 Å². The van der Waals surface area contributed by atoms with Crippen molar-refractivity contribution >= 4 is 87.5 Å². The number of carboxylic acid groups (broad SMARTS) is 1. The van der Waals surface area contributed by atoms with Crippen molar-refractivity contribution in [3.8, 4) is 5.75 Å². The molecule has 0 bridgehead atoms. The molecule has 1 aromatic carbocycles. The summed E-state index contributed by atoms with van der Waals surface area (Å²) in [5.41, 5.74) is 9.88. The third-order valence-electron chi connectivity index (χ3n) is 9.38. The predicted octanol–water partition coefficient (Wildman–Crippen LogP) is 1.22. The van der Waals surface area contributed by atoms with E-state index in [2.05, 4.69) is 35.8 Å². The van der Waals surface area contributed by atoms with Crippen LogP contribution in [0.2, 0.25) is 0 Å². The van der Waals surface area contributed by atoms with E-state index in [0.29, 0.717) is 16.9 Å². The quantitative estimate of drug-likeness (QED) is 0.0223. The molecular formula is C42H55F3N12O13S2. The molecule has 25 nitrogen and oxygen atoms in total. The molecule has 3 aromatic rings. The number of fused-ring (bicyclic) bond motifs is 1. The number of rotatable bonds is 16. The van der Waals surface area contributed by atoms with Crippen LogP contribution < -0.4 is 47.3 Å². The van der Waals surface area contributed by atoms with Gasteiger partial charge < -0.3 is 61.1 Å². The second-order valence-electron chi connectivity index (χ2n) is 17.9. The van der Waals surface area contributed by atoms with Crippen molar-refractivity contribution < 1.29 is 80.3 Å². The lowest BCUT2D eigenvalue weighted by atomic mass is 10.0. The summed E-state index contributed by atoms with van der Waals surface area (Å²) >= 11 is 2.06. The SMILES string of the molecule is COc1ccc(COC(=O)C2=C(C[n+]3cc(NC(=O)NCCNC(=O)OC(C)(C)C)c(N)n3C)CS[C@@H]3[C@H](NC(=O)/C(=N\OC(C)(C)C(=O)OC(C)(C)C)c4nsc(N)n4)C(=O)N23)cc1.O=C([O-])C(F)(F)F. The highest BCUT2D eigenvalue weighted by Gasteiger charge is 2.55. The number of methoxy groups -OCH3 is 1. The number of aliphatic carboxylic acids is 1. The number of urea groups is 1. The van der Waals surface area contributed by atoms with Gasteiger partial charge in [-0.3, -0.25) is 19.8 Å². The average molecular weight is 1060 g/mol. The van der Waals surface area contributed by atoms with Crippen LogP contribution >= 0.6 is 23.3 Å². The number of nitrogens with zero attached hydrogens (tertiary/aromatic N) is 6. The van der Waals surface area contributed by atoms with Crippen LogP contribution in [0, 0.1) is 0 Å². The molecule has 0 unspecified atom stereocenters. The number of ether oxygens (including phenoxy) is 4. The Hall–Kier alpha value is -7.37. The number of nitrogen functional groups attached to an aromatic ring is 2. The maximum atomic E-state index is 14.1. The van der Waals surface area contributed by atoms with Crippen molar-refractivity contribution in [2.45, 2.75) is 103 Å². The first-order valence-corrected chi connectivity index (χ1v) is 23.2.